The highest BCUT2D eigenvalue weighted by molar-refractivity contribution is 5.26. The third-order valence-corrected chi connectivity index (χ3v) is 3.60. The van der Waals surface area contributed by atoms with Gasteiger partial charge in [0.25, 0.3) is 0 Å². The monoisotopic (exact) mass is 280 g/mol. The lowest BCUT2D eigenvalue weighted by atomic mass is 10.0. The molecule has 2 rings (SSSR count). The highest BCUT2D eigenvalue weighted by Gasteiger charge is 2.28. The van der Waals surface area contributed by atoms with Crippen molar-refractivity contribution in [3.8, 4) is 5.75 Å². The molecule has 0 aromatic carbocycles. The van der Waals surface area contributed by atoms with E-state index in [-0.39, 0.29) is 12.1 Å². The Kier molecular flexibility index (Phi) is 5.72. The van der Waals surface area contributed by atoms with Gasteiger partial charge in [0.15, 0.2) is 0 Å². The average molecular weight is 280 g/mol. The Morgan fingerprint density at radius 3 is 3.15 bits per heavy atom. The summed E-state index contributed by atoms with van der Waals surface area (Å²) in [7, 11) is 1.63. The molecule has 0 radical (unpaired) electrons. The Morgan fingerprint density at radius 1 is 1.60 bits per heavy atom. The second kappa shape index (κ2) is 7.54. The molecule has 0 amide bonds. The third-order valence-electron chi connectivity index (χ3n) is 3.60. The number of nitrogens with zero attached hydrogens (tertiary/aromatic N) is 2. The van der Waals surface area contributed by atoms with Crippen LogP contribution in [0.3, 0.4) is 0 Å². The van der Waals surface area contributed by atoms with Gasteiger partial charge in [-0.15, -0.1) is 0 Å². The van der Waals surface area contributed by atoms with Crippen molar-refractivity contribution in [2.75, 3.05) is 33.4 Å². The minimum absolute atomic E-state index is 0.0224. The number of ether oxygens (including phenoxy) is 2. The van der Waals surface area contributed by atoms with Crippen LogP contribution in [0.1, 0.15) is 24.9 Å². The van der Waals surface area contributed by atoms with Gasteiger partial charge in [-0.05, 0) is 24.6 Å². The zero-order valence-corrected chi connectivity index (χ0v) is 12.2. The lowest BCUT2D eigenvalue weighted by Crippen LogP contribution is -2.49. The van der Waals surface area contributed by atoms with E-state index in [0.29, 0.717) is 0 Å². The SMILES string of the molecule is CCCN1CCOC(C(NN)c2cncc(OC)c2)C1. The van der Waals surface area contributed by atoms with Gasteiger partial charge in [-0.25, -0.2) is 0 Å². The lowest BCUT2D eigenvalue weighted by molar-refractivity contribution is -0.0471. The molecule has 112 valence electrons. The summed E-state index contributed by atoms with van der Waals surface area (Å²) < 4.78 is 11.1. The lowest BCUT2D eigenvalue weighted by Gasteiger charge is -2.36. The average Bonchev–Trinajstić information content (AvgIpc) is 2.49. The maximum Gasteiger partial charge on any atom is 0.137 e. The fraction of sp³-hybridized carbons (Fsp3) is 0.643. The van der Waals surface area contributed by atoms with Crippen molar-refractivity contribution >= 4 is 0 Å². The van der Waals surface area contributed by atoms with E-state index >= 15 is 0 Å². The van der Waals surface area contributed by atoms with E-state index < -0.39 is 0 Å². The van der Waals surface area contributed by atoms with Crippen LogP contribution in [-0.2, 0) is 4.74 Å². The van der Waals surface area contributed by atoms with Gasteiger partial charge >= 0.3 is 0 Å². The Hall–Kier alpha value is -1.21. The first-order valence-electron chi connectivity index (χ1n) is 7.07. The molecule has 1 aromatic rings. The van der Waals surface area contributed by atoms with Gasteiger partial charge in [0.2, 0.25) is 0 Å². The fourth-order valence-electron chi connectivity index (χ4n) is 2.59. The van der Waals surface area contributed by atoms with Crippen LogP contribution in [0.2, 0.25) is 0 Å². The molecular formula is C14H24N4O2. The fourth-order valence-corrected chi connectivity index (χ4v) is 2.59. The number of hydrogen-bond acceptors (Lipinski definition) is 6. The number of pyridine rings is 1. The second-order valence-electron chi connectivity index (χ2n) is 5.01. The first-order valence-corrected chi connectivity index (χ1v) is 7.07. The zero-order chi connectivity index (χ0) is 14.4. The Morgan fingerprint density at radius 2 is 2.45 bits per heavy atom. The molecule has 20 heavy (non-hydrogen) atoms. The highest BCUT2D eigenvalue weighted by Crippen LogP contribution is 2.24. The van der Waals surface area contributed by atoms with Crippen LogP contribution < -0.4 is 16.0 Å². The first kappa shape index (κ1) is 15.2. The van der Waals surface area contributed by atoms with E-state index in [9.17, 15) is 0 Å². The Labute approximate surface area is 120 Å². The van der Waals surface area contributed by atoms with Crippen LogP contribution in [-0.4, -0.2) is 49.3 Å². The molecule has 6 heteroatoms. The molecular weight excluding hydrogens is 256 g/mol. The van der Waals surface area contributed by atoms with Crippen LogP contribution in [0.15, 0.2) is 18.5 Å². The summed E-state index contributed by atoms with van der Waals surface area (Å²) in [4.78, 5) is 6.59. The normalized spacial score (nSPS) is 21.6. The summed E-state index contributed by atoms with van der Waals surface area (Å²) in [5, 5.41) is 0. The molecule has 0 saturated carbocycles. The number of rotatable bonds is 6. The Bertz CT molecular complexity index is 414. The third kappa shape index (κ3) is 3.67. The van der Waals surface area contributed by atoms with Crippen molar-refractivity contribution in [1.82, 2.24) is 15.3 Å². The van der Waals surface area contributed by atoms with E-state index in [0.717, 1.165) is 44.0 Å². The molecule has 6 nitrogen and oxygen atoms in total. The standard InChI is InChI=1S/C14H24N4O2/c1-3-4-18-5-6-20-13(10-18)14(17-15)11-7-12(19-2)9-16-8-11/h7-9,13-14,17H,3-6,10,15H2,1-2H3. The van der Waals surface area contributed by atoms with Crippen molar-refractivity contribution < 1.29 is 9.47 Å². The second-order valence-corrected chi connectivity index (χ2v) is 5.01. The van der Waals surface area contributed by atoms with Crippen molar-refractivity contribution in [3.63, 3.8) is 0 Å². The number of nitrogens with one attached hydrogen (secondary N) is 1. The van der Waals surface area contributed by atoms with Crippen LogP contribution in [0.5, 0.6) is 5.75 Å². The van der Waals surface area contributed by atoms with Gasteiger partial charge in [-0.3, -0.25) is 21.2 Å². The predicted octanol–water partition coefficient (Wildman–Crippen LogP) is 0.705. The van der Waals surface area contributed by atoms with Gasteiger partial charge in [0.1, 0.15) is 5.75 Å². The molecule has 2 atom stereocenters. The van der Waals surface area contributed by atoms with Crippen molar-refractivity contribution in [1.29, 1.82) is 0 Å². The molecule has 1 aromatic heterocycles. The number of nitrogens with two attached hydrogens (primary N) is 1. The number of methoxy groups -OCH3 is 1. The van der Waals surface area contributed by atoms with Gasteiger partial charge in [-0.2, -0.15) is 0 Å². The minimum atomic E-state index is -0.0859. The summed E-state index contributed by atoms with van der Waals surface area (Å²) in [6, 6.07) is 1.86. The van der Waals surface area contributed by atoms with Crippen molar-refractivity contribution in [2.45, 2.75) is 25.5 Å². The molecule has 2 heterocycles. The smallest absolute Gasteiger partial charge is 0.137 e. The topological polar surface area (TPSA) is 72.6 Å². The molecule has 0 bridgehead atoms. The Balaban J connectivity index is 2.10. The van der Waals surface area contributed by atoms with E-state index in [1.165, 1.54) is 0 Å². The molecule has 0 spiro atoms. The maximum absolute atomic E-state index is 5.88. The van der Waals surface area contributed by atoms with Crippen LogP contribution in [0.4, 0.5) is 0 Å². The van der Waals surface area contributed by atoms with Crippen molar-refractivity contribution in [2.24, 2.45) is 5.84 Å². The van der Waals surface area contributed by atoms with E-state index in [4.69, 9.17) is 15.3 Å². The predicted molar refractivity (Wildman–Crippen MR) is 77.3 cm³/mol. The summed E-state index contributed by atoms with van der Waals surface area (Å²) >= 11 is 0. The summed E-state index contributed by atoms with van der Waals surface area (Å²) in [5.41, 5.74) is 3.84. The zero-order valence-electron chi connectivity index (χ0n) is 12.2. The van der Waals surface area contributed by atoms with Gasteiger partial charge < -0.3 is 9.47 Å². The molecule has 1 saturated heterocycles. The molecule has 2 unspecified atom stereocenters. The van der Waals surface area contributed by atoms with Gasteiger partial charge in [0, 0.05) is 19.3 Å². The van der Waals surface area contributed by atoms with E-state index in [1.807, 2.05) is 6.07 Å². The number of aromatic nitrogens is 1. The van der Waals surface area contributed by atoms with Crippen LogP contribution in [0, 0.1) is 0 Å². The number of hydrazine groups is 1. The largest absolute Gasteiger partial charge is 0.495 e. The van der Waals surface area contributed by atoms with Crippen LogP contribution in [0.25, 0.3) is 0 Å². The summed E-state index contributed by atoms with van der Waals surface area (Å²) in [6.45, 7) is 5.88. The molecule has 0 aliphatic carbocycles. The van der Waals surface area contributed by atoms with E-state index in [2.05, 4.69) is 22.2 Å². The summed E-state index contributed by atoms with van der Waals surface area (Å²) in [6.07, 6.45) is 4.65. The highest BCUT2D eigenvalue weighted by atomic mass is 16.5. The maximum atomic E-state index is 5.88. The van der Waals surface area contributed by atoms with Gasteiger partial charge in [0.05, 0.1) is 32.1 Å². The number of hydrogen-bond donors (Lipinski definition) is 2. The van der Waals surface area contributed by atoms with Gasteiger partial charge in [-0.1, -0.05) is 6.92 Å². The molecule has 1 aliphatic rings. The summed E-state index contributed by atoms with van der Waals surface area (Å²) in [5.74, 6) is 6.46. The quantitative estimate of drug-likeness (QED) is 0.590. The first-order chi connectivity index (χ1) is 9.78. The molecule has 1 fully saturated rings. The van der Waals surface area contributed by atoms with Crippen LogP contribution >= 0.6 is 0 Å². The number of morpholine rings is 1. The van der Waals surface area contributed by atoms with E-state index in [1.54, 1.807) is 19.5 Å². The minimum Gasteiger partial charge on any atom is -0.495 e. The van der Waals surface area contributed by atoms with Crippen molar-refractivity contribution in [3.05, 3.63) is 24.0 Å². The molecule has 3 N–H and O–H groups in total. The molecule has 1 aliphatic heterocycles.